The molecule has 5 nitrogen and oxygen atoms in total. The van der Waals surface area contributed by atoms with Crippen molar-refractivity contribution in [2.24, 2.45) is 17.3 Å². The number of hydrogen-bond acceptors (Lipinski definition) is 3. The van der Waals surface area contributed by atoms with Crippen molar-refractivity contribution in [1.29, 1.82) is 0 Å². The highest BCUT2D eigenvalue weighted by molar-refractivity contribution is 9.10. The second kappa shape index (κ2) is 7.12. The Bertz CT molecular complexity index is 719. The highest BCUT2D eigenvalue weighted by Crippen LogP contribution is 2.65. The van der Waals surface area contributed by atoms with Crippen LogP contribution in [0.2, 0.25) is 0 Å². The van der Waals surface area contributed by atoms with E-state index in [1.54, 1.807) is 12.1 Å². The van der Waals surface area contributed by atoms with Crippen LogP contribution in [0, 0.1) is 17.3 Å². The summed E-state index contributed by atoms with van der Waals surface area (Å²) in [5, 5.41) is 15.0. The second-order valence-corrected chi connectivity index (χ2v) is 10.6. The zero-order valence-electron chi connectivity index (χ0n) is 15.5. The molecule has 27 heavy (non-hydrogen) atoms. The Morgan fingerprint density at radius 1 is 1.04 bits per heavy atom. The van der Waals surface area contributed by atoms with Gasteiger partial charge < -0.3 is 15.7 Å². The number of nitrogens with one attached hydrogen (secondary N) is 2. The first-order valence-corrected chi connectivity index (χ1v) is 10.7. The van der Waals surface area contributed by atoms with E-state index in [2.05, 4.69) is 26.6 Å². The van der Waals surface area contributed by atoms with Crippen LogP contribution >= 0.6 is 15.9 Å². The molecule has 4 fully saturated rings. The molecule has 0 aliphatic heterocycles. The molecular weight excluding hydrogens is 408 g/mol. The van der Waals surface area contributed by atoms with Gasteiger partial charge in [-0.1, -0.05) is 15.9 Å². The summed E-state index contributed by atoms with van der Waals surface area (Å²) in [7, 11) is 0. The van der Waals surface area contributed by atoms with Crippen LogP contribution in [0.4, 0.5) is 0 Å². The van der Waals surface area contributed by atoms with Gasteiger partial charge in [0.2, 0.25) is 5.91 Å². The van der Waals surface area contributed by atoms with Gasteiger partial charge in [-0.2, -0.15) is 0 Å². The molecule has 4 aliphatic rings. The number of aromatic hydroxyl groups is 1. The van der Waals surface area contributed by atoms with Crippen LogP contribution in [0.1, 0.15) is 55.3 Å². The molecule has 6 heteroatoms. The quantitative estimate of drug-likeness (QED) is 0.474. The van der Waals surface area contributed by atoms with Gasteiger partial charge in [-0.15, -0.1) is 0 Å². The van der Waals surface area contributed by atoms with E-state index >= 15 is 0 Å². The summed E-state index contributed by atoms with van der Waals surface area (Å²) in [6.45, 7) is 0.830. The van der Waals surface area contributed by atoms with Crippen molar-refractivity contribution in [2.45, 2.75) is 49.3 Å². The maximum Gasteiger partial charge on any atom is 0.251 e. The Hall–Kier alpha value is -1.56. The fourth-order valence-corrected chi connectivity index (χ4v) is 7.55. The van der Waals surface area contributed by atoms with Gasteiger partial charge in [-0.05, 0) is 80.0 Å². The lowest BCUT2D eigenvalue weighted by atomic mass is 9.48. The molecule has 2 unspecified atom stereocenters. The number of phenols is 1. The monoisotopic (exact) mass is 434 g/mol. The highest BCUT2D eigenvalue weighted by Gasteiger charge is 2.57. The van der Waals surface area contributed by atoms with E-state index < -0.39 is 0 Å². The van der Waals surface area contributed by atoms with Gasteiger partial charge in [0.05, 0.1) is 0 Å². The molecule has 3 N–H and O–H groups in total. The van der Waals surface area contributed by atoms with E-state index in [1.165, 1.54) is 44.2 Å². The first-order valence-electron chi connectivity index (χ1n) is 9.88. The number of carbonyl (C=O) groups is 2. The summed E-state index contributed by atoms with van der Waals surface area (Å²) in [5.41, 5.74) is 0.669. The lowest BCUT2D eigenvalue weighted by Gasteiger charge is -2.60. The standard InChI is InChI=1S/C21H27BrN2O3/c22-21-10-14-7-15(11-21)9-20(8-14,13-21)12-18(26)23-5-6-24-19(27)16-1-3-17(25)4-2-16/h1-4,14-15,25H,5-13H2,(H,23,26)(H,24,27). The summed E-state index contributed by atoms with van der Waals surface area (Å²) in [6, 6.07) is 6.12. The Balaban J connectivity index is 1.22. The van der Waals surface area contributed by atoms with Gasteiger partial charge in [0.25, 0.3) is 5.91 Å². The fraction of sp³-hybridized carbons (Fsp3) is 0.619. The van der Waals surface area contributed by atoms with Crippen molar-refractivity contribution in [3.63, 3.8) is 0 Å². The van der Waals surface area contributed by atoms with E-state index in [-0.39, 0.29) is 27.3 Å². The van der Waals surface area contributed by atoms with Crippen LogP contribution in [-0.4, -0.2) is 34.3 Å². The molecule has 0 spiro atoms. The molecule has 0 aromatic heterocycles. The number of rotatable bonds is 6. The SMILES string of the molecule is O=C(CC12CC3CC(CC(Br)(C3)C1)C2)NCCNC(=O)c1ccc(O)cc1. The van der Waals surface area contributed by atoms with Crippen molar-refractivity contribution in [1.82, 2.24) is 10.6 Å². The van der Waals surface area contributed by atoms with Gasteiger partial charge >= 0.3 is 0 Å². The number of phenolic OH excluding ortho intramolecular Hbond substituents is 1. The predicted octanol–water partition coefficient (Wildman–Crippen LogP) is 3.36. The van der Waals surface area contributed by atoms with Gasteiger partial charge in [0.1, 0.15) is 5.75 Å². The van der Waals surface area contributed by atoms with E-state index in [0.29, 0.717) is 25.1 Å². The van der Waals surface area contributed by atoms with Crippen LogP contribution in [-0.2, 0) is 4.79 Å². The number of carbonyl (C=O) groups excluding carboxylic acids is 2. The molecular formula is C21H27BrN2O3. The topological polar surface area (TPSA) is 78.4 Å². The number of alkyl halides is 1. The second-order valence-electron chi connectivity index (χ2n) is 8.94. The first-order chi connectivity index (χ1) is 12.8. The van der Waals surface area contributed by atoms with Crippen molar-refractivity contribution in [3.05, 3.63) is 29.8 Å². The van der Waals surface area contributed by atoms with Crippen molar-refractivity contribution in [2.75, 3.05) is 13.1 Å². The Morgan fingerprint density at radius 3 is 2.30 bits per heavy atom. The van der Waals surface area contributed by atoms with Crippen molar-refractivity contribution < 1.29 is 14.7 Å². The van der Waals surface area contributed by atoms with Crippen LogP contribution in [0.3, 0.4) is 0 Å². The molecule has 2 atom stereocenters. The van der Waals surface area contributed by atoms with E-state index in [0.717, 1.165) is 18.3 Å². The zero-order chi connectivity index (χ0) is 19.1. The number of benzene rings is 1. The summed E-state index contributed by atoms with van der Waals surface area (Å²) >= 11 is 3.99. The summed E-state index contributed by atoms with van der Waals surface area (Å²) in [6.07, 6.45) is 8.02. The van der Waals surface area contributed by atoms with Gasteiger partial charge in [0.15, 0.2) is 0 Å². The average Bonchev–Trinajstić information content (AvgIpc) is 2.56. The maximum atomic E-state index is 12.5. The molecule has 4 aliphatic carbocycles. The minimum atomic E-state index is -0.202. The minimum Gasteiger partial charge on any atom is -0.508 e. The third-order valence-corrected chi connectivity index (χ3v) is 7.44. The summed E-state index contributed by atoms with van der Waals surface area (Å²) in [4.78, 5) is 24.5. The average molecular weight is 435 g/mol. The molecule has 1 aromatic rings. The predicted molar refractivity (Wildman–Crippen MR) is 107 cm³/mol. The maximum absolute atomic E-state index is 12.5. The third-order valence-electron chi connectivity index (χ3n) is 6.51. The van der Waals surface area contributed by atoms with Crippen LogP contribution < -0.4 is 10.6 Å². The minimum absolute atomic E-state index is 0.104. The Morgan fingerprint density at radius 2 is 1.67 bits per heavy atom. The van der Waals surface area contributed by atoms with Gasteiger partial charge in [-0.3, -0.25) is 9.59 Å². The van der Waals surface area contributed by atoms with Gasteiger partial charge in [0, 0.05) is 29.4 Å². The Labute approximate surface area is 168 Å². The molecule has 2 amide bonds. The molecule has 146 valence electrons. The molecule has 0 radical (unpaired) electrons. The van der Waals surface area contributed by atoms with Crippen molar-refractivity contribution in [3.8, 4) is 5.75 Å². The normalized spacial score (nSPS) is 33.7. The lowest BCUT2D eigenvalue weighted by molar-refractivity contribution is -0.128. The van der Waals surface area contributed by atoms with Crippen LogP contribution in [0.5, 0.6) is 5.75 Å². The number of amides is 2. The fourth-order valence-electron chi connectivity index (χ4n) is 6.04. The first kappa shape index (κ1) is 18.8. The van der Waals surface area contributed by atoms with Crippen molar-refractivity contribution >= 4 is 27.7 Å². The Kier molecular flexibility index (Phi) is 4.95. The molecule has 4 bridgehead atoms. The molecule has 5 rings (SSSR count). The molecule has 4 saturated carbocycles. The zero-order valence-corrected chi connectivity index (χ0v) is 17.1. The van der Waals surface area contributed by atoms with E-state index in [1.807, 2.05) is 0 Å². The summed E-state index contributed by atoms with van der Waals surface area (Å²) < 4.78 is 0.273. The third kappa shape index (κ3) is 4.15. The van der Waals surface area contributed by atoms with E-state index in [4.69, 9.17) is 0 Å². The number of halogens is 1. The highest BCUT2D eigenvalue weighted by atomic mass is 79.9. The van der Waals surface area contributed by atoms with Crippen LogP contribution in [0.25, 0.3) is 0 Å². The molecule has 0 saturated heterocycles. The van der Waals surface area contributed by atoms with Gasteiger partial charge in [-0.25, -0.2) is 0 Å². The largest absolute Gasteiger partial charge is 0.508 e. The molecule has 1 aromatic carbocycles. The number of hydrogen-bond donors (Lipinski definition) is 3. The van der Waals surface area contributed by atoms with E-state index in [9.17, 15) is 14.7 Å². The molecule has 0 heterocycles. The lowest BCUT2D eigenvalue weighted by Crippen LogP contribution is -2.54. The summed E-state index contributed by atoms with van der Waals surface area (Å²) in [5.74, 6) is 1.60. The van der Waals surface area contributed by atoms with Crippen LogP contribution in [0.15, 0.2) is 24.3 Å². The smallest absolute Gasteiger partial charge is 0.251 e.